The second-order valence-electron chi connectivity index (χ2n) is 4.75. The van der Waals surface area contributed by atoms with Crippen molar-refractivity contribution in [2.75, 3.05) is 6.54 Å². The summed E-state index contributed by atoms with van der Waals surface area (Å²) in [4.78, 5) is 22.9. The summed E-state index contributed by atoms with van der Waals surface area (Å²) in [5.74, 6) is -1.24. The zero-order chi connectivity index (χ0) is 13.1. The lowest BCUT2D eigenvalue weighted by Crippen LogP contribution is -2.33. The average molecular weight is 251 g/mol. The van der Waals surface area contributed by atoms with Crippen LogP contribution in [0.25, 0.3) is 0 Å². The highest BCUT2D eigenvalue weighted by Gasteiger charge is 2.32. The third-order valence-electron chi connectivity index (χ3n) is 3.58. The van der Waals surface area contributed by atoms with Crippen molar-refractivity contribution < 1.29 is 14.7 Å². The molecule has 1 amide bonds. The van der Waals surface area contributed by atoms with Crippen molar-refractivity contribution in [3.05, 3.63) is 17.5 Å². The molecule has 2 rings (SSSR count). The number of carbonyl (C=O) groups excluding carboxylic acids is 1. The van der Waals surface area contributed by atoms with E-state index in [4.69, 9.17) is 5.11 Å². The first-order valence-corrected chi connectivity index (χ1v) is 6.10. The Bertz CT molecular complexity index is 455. The molecule has 0 aliphatic heterocycles. The zero-order valence-electron chi connectivity index (χ0n) is 10.3. The molecule has 6 heteroatoms. The van der Waals surface area contributed by atoms with Gasteiger partial charge in [0.05, 0.1) is 17.7 Å². The predicted molar refractivity (Wildman–Crippen MR) is 64.1 cm³/mol. The molecule has 0 spiro atoms. The molecular weight excluding hydrogens is 234 g/mol. The predicted octanol–water partition coefficient (Wildman–Crippen LogP) is 0.949. The number of hydrogen-bond acceptors (Lipinski definition) is 3. The number of aryl methyl sites for hydroxylation is 1. The van der Waals surface area contributed by atoms with E-state index < -0.39 is 5.97 Å². The summed E-state index contributed by atoms with van der Waals surface area (Å²) in [5, 5.41) is 18.3. The Morgan fingerprint density at radius 1 is 1.56 bits per heavy atom. The number of amides is 1. The van der Waals surface area contributed by atoms with Gasteiger partial charge >= 0.3 is 5.97 Å². The Balaban J connectivity index is 1.90. The van der Waals surface area contributed by atoms with Crippen molar-refractivity contribution in [2.24, 2.45) is 11.8 Å². The van der Waals surface area contributed by atoms with E-state index in [9.17, 15) is 9.59 Å². The molecule has 2 atom stereocenters. The molecular formula is C12H17N3O3. The van der Waals surface area contributed by atoms with E-state index in [-0.39, 0.29) is 17.7 Å². The van der Waals surface area contributed by atoms with E-state index in [0.29, 0.717) is 24.2 Å². The first-order valence-electron chi connectivity index (χ1n) is 6.10. The van der Waals surface area contributed by atoms with Gasteiger partial charge in [0.15, 0.2) is 0 Å². The monoisotopic (exact) mass is 251 g/mol. The average Bonchev–Trinajstić information content (AvgIpc) is 2.94. The van der Waals surface area contributed by atoms with E-state index in [1.165, 1.54) is 6.20 Å². The van der Waals surface area contributed by atoms with Crippen LogP contribution in [0.5, 0.6) is 0 Å². The SMILES string of the molecule is Cc1[nH]ncc1C(=O)NCC1CCCC1C(=O)O. The van der Waals surface area contributed by atoms with Crippen LogP contribution in [0.1, 0.15) is 35.3 Å². The topological polar surface area (TPSA) is 95.1 Å². The van der Waals surface area contributed by atoms with Crippen molar-refractivity contribution in [3.8, 4) is 0 Å². The molecule has 0 aromatic carbocycles. The van der Waals surface area contributed by atoms with Crippen LogP contribution in [-0.2, 0) is 4.79 Å². The van der Waals surface area contributed by atoms with Gasteiger partial charge in [-0.05, 0) is 25.7 Å². The van der Waals surface area contributed by atoms with E-state index in [2.05, 4.69) is 15.5 Å². The lowest BCUT2D eigenvalue weighted by molar-refractivity contribution is -0.142. The van der Waals surface area contributed by atoms with Crippen LogP contribution in [-0.4, -0.2) is 33.7 Å². The summed E-state index contributed by atoms with van der Waals surface area (Å²) in [6, 6.07) is 0. The smallest absolute Gasteiger partial charge is 0.306 e. The van der Waals surface area contributed by atoms with Crippen molar-refractivity contribution in [1.29, 1.82) is 0 Å². The molecule has 0 saturated heterocycles. The Morgan fingerprint density at radius 3 is 2.94 bits per heavy atom. The van der Waals surface area contributed by atoms with Gasteiger partial charge in [-0.3, -0.25) is 14.7 Å². The van der Waals surface area contributed by atoms with Crippen molar-refractivity contribution in [2.45, 2.75) is 26.2 Å². The number of hydrogen-bond donors (Lipinski definition) is 3. The number of carboxylic acid groups (broad SMARTS) is 1. The van der Waals surface area contributed by atoms with Gasteiger partial charge in [-0.1, -0.05) is 6.42 Å². The van der Waals surface area contributed by atoms with Gasteiger partial charge in [-0.25, -0.2) is 0 Å². The third kappa shape index (κ3) is 2.52. The fourth-order valence-electron chi connectivity index (χ4n) is 2.50. The lowest BCUT2D eigenvalue weighted by atomic mass is 9.96. The molecule has 0 radical (unpaired) electrons. The highest BCUT2D eigenvalue weighted by molar-refractivity contribution is 5.94. The Morgan fingerprint density at radius 2 is 2.33 bits per heavy atom. The Labute approximate surface area is 105 Å². The highest BCUT2D eigenvalue weighted by atomic mass is 16.4. The maximum absolute atomic E-state index is 11.8. The maximum atomic E-state index is 11.8. The number of carboxylic acids is 1. The number of nitrogens with zero attached hydrogens (tertiary/aromatic N) is 1. The second kappa shape index (κ2) is 5.20. The minimum atomic E-state index is -0.758. The first-order chi connectivity index (χ1) is 8.59. The molecule has 0 bridgehead atoms. The van der Waals surface area contributed by atoms with Gasteiger partial charge in [-0.15, -0.1) is 0 Å². The van der Waals surface area contributed by atoms with Crippen LogP contribution in [0.15, 0.2) is 6.20 Å². The van der Waals surface area contributed by atoms with Crippen molar-refractivity contribution in [1.82, 2.24) is 15.5 Å². The first kappa shape index (κ1) is 12.6. The largest absolute Gasteiger partial charge is 0.481 e. The minimum Gasteiger partial charge on any atom is -0.481 e. The molecule has 1 aromatic heterocycles. The Hall–Kier alpha value is -1.85. The summed E-state index contributed by atoms with van der Waals surface area (Å²) in [7, 11) is 0. The number of H-pyrrole nitrogens is 1. The van der Waals surface area contributed by atoms with E-state index in [1.807, 2.05) is 0 Å². The van der Waals surface area contributed by atoms with Crippen LogP contribution < -0.4 is 5.32 Å². The van der Waals surface area contributed by atoms with Crippen molar-refractivity contribution in [3.63, 3.8) is 0 Å². The second-order valence-corrected chi connectivity index (χ2v) is 4.75. The standard InChI is InChI=1S/C12H17N3O3/c1-7-10(6-14-15-7)11(16)13-5-8-3-2-4-9(8)12(17)18/h6,8-9H,2-5H2,1H3,(H,13,16)(H,14,15)(H,17,18). The van der Waals surface area contributed by atoms with Crippen molar-refractivity contribution >= 4 is 11.9 Å². The molecule has 1 aliphatic carbocycles. The molecule has 1 aromatic rings. The summed E-state index contributed by atoms with van der Waals surface area (Å²) in [5.41, 5.74) is 1.23. The molecule has 1 heterocycles. The number of rotatable bonds is 4. The van der Waals surface area contributed by atoms with Gasteiger partial charge in [0.25, 0.3) is 5.91 Å². The molecule has 2 unspecified atom stereocenters. The van der Waals surface area contributed by atoms with Crippen LogP contribution in [0.3, 0.4) is 0 Å². The quantitative estimate of drug-likeness (QED) is 0.742. The van der Waals surface area contributed by atoms with Gasteiger partial charge in [0.2, 0.25) is 0 Å². The van der Waals surface area contributed by atoms with Gasteiger partial charge < -0.3 is 10.4 Å². The number of aromatic amines is 1. The summed E-state index contributed by atoms with van der Waals surface area (Å²) >= 11 is 0. The van der Waals surface area contributed by atoms with E-state index >= 15 is 0 Å². The zero-order valence-corrected chi connectivity index (χ0v) is 10.3. The summed E-state index contributed by atoms with van der Waals surface area (Å²) < 4.78 is 0. The van der Waals surface area contributed by atoms with E-state index in [0.717, 1.165) is 12.8 Å². The fraction of sp³-hybridized carbons (Fsp3) is 0.583. The number of aliphatic carboxylic acids is 1. The number of aromatic nitrogens is 2. The Kier molecular flexibility index (Phi) is 3.64. The minimum absolute atomic E-state index is 0.0404. The lowest BCUT2D eigenvalue weighted by Gasteiger charge is -2.16. The fourth-order valence-corrected chi connectivity index (χ4v) is 2.50. The van der Waals surface area contributed by atoms with Gasteiger partial charge in [0, 0.05) is 12.2 Å². The molecule has 3 N–H and O–H groups in total. The molecule has 1 saturated carbocycles. The molecule has 98 valence electrons. The third-order valence-corrected chi connectivity index (χ3v) is 3.58. The normalized spacial score (nSPS) is 22.9. The molecule has 6 nitrogen and oxygen atoms in total. The van der Waals surface area contributed by atoms with Crippen LogP contribution in [0.4, 0.5) is 0 Å². The molecule has 18 heavy (non-hydrogen) atoms. The summed E-state index contributed by atoms with van der Waals surface area (Å²) in [6.07, 6.45) is 3.97. The van der Waals surface area contributed by atoms with Crippen LogP contribution in [0, 0.1) is 18.8 Å². The molecule has 1 aliphatic rings. The number of nitrogens with one attached hydrogen (secondary N) is 2. The van der Waals surface area contributed by atoms with Gasteiger partial charge in [0.1, 0.15) is 0 Å². The highest BCUT2D eigenvalue weighted by Crippen LogP contribution is 2.31. The maximum Gasteiger partial charge on any atom is 0.306 e. The number of carbonyl (C=O) groups is 2. The molecule has 1 fully saturated rings. The van der Waals surface area contributed by atoms with E-state index in [1.54, 1.807) is 6.92 Å². The van der Waals surface area contributed by atoms with Gasteiger partial charge in [-0.2, -0.15) is 5.10 Å². The van der Waals surface area contributed by atoms with Crippen LogP contribution in [0.2, 0.25) is 0 Å². The summed E-state index contributed by atoms with van der Waals surface area (Å²) in [6.45, 7) is 2.19. The van der Waals surface area contributed by atoms with Crippen LogP contribution >= 0.6 is 0 Å².